The summed E-state index contributed by atoms with van der Waals surface area (Å²) in [5, 5.41) is 7.66. The Bertz CT molecular complexity index is 510. The molecule has 0 amide bonds. The van der Waals surface area contributed by atoms with Crippen LogP contribution in [0.5, 0.6) is 0 Å². The van der Waals surface area contributed by atoms with Gasteiger partial charge < -0.3 is 5.32 Å². The van der Waals surface area contributed by atoms with Gasteiger partial charge in [0.05, 0.1) is 4.88 Å². The molecule has 0 radical (unpaired) electrons. The van der Waals surface area contributed by atoms with Crippen LogP contribution in [-0.4, -0.2) is 16.1 Å². The summed E-state index contributed by atoms with van der Waals surface area (Å²) in [6.07, 6.45) is 0. The van der Waals surface area contributed by atoms with Gasteiger partial charge in [-0.2, -0.15) is 0 Å². The molecule has 0 saturated heterocycles. The number of nitrogens with zero attached hydrogens (tertiary/aromatic N) is 2. The summed E-state index contributed by atoms with van der Waals surface area (Å²) in [4.78, 5) is 1.19. The molecule has 1 heterocycles. The second kappa shape index (κ2) is 6.41. The van der Waals surface area contributed by atoms with E-state index in [-0.39, 0.29) is 0 Å². The Morgan fingerprint density at radius 1 is 1.39 bits per heavy atom. The van der Waals surface area contributed by atoms with Crippen molar-refractivity contribution in [3.63, 3.8) is 0 Å². The number of hydrogen-bond donors (Lipinski definition) is 1. The second-order valence-corrected chi connectivity index (χ2v) is 6.33. The highest BCUT2D eigenvalue weighted by Gasteiger charge is 2.10. The number of rotatable bonds is 5. The zero-order valence-electron chi connectivity index (χ0n) is 10.5. The fourth-order valence-electron chi connectivity index (χ4n) is 1.65. The second-order valence-electron chi connectivity index (χ2n) is 4.58. The first-order chi connectivity index (χ1) is 8.66. The van der Waals surface area contributed by atoms with E-state index < -0.39 is 0 Å². The van der Waals surface area contributed by atoms with E-state index in [9.17, 15) is 0 Å². The molecule has 0 bridgehead atoms. The first-order valence-electron chi connectivity index (χ1n) is 5.94. The minimum absolute atomic E-state index is 0.653. The predicted octanol–water partition coefficient (Wildman–Crippen LogP) is 3.71. The van der Waals surface area contributed by atoms with Gasteiger partial charge in [0, 0.05) is 16.6 Å². The average Bonchev–Trinajstić information content (AvgIpc) is 2.77. The fraction of sp³-hybridized carbons (Fsp3) is 0.385. The topological polar surface area (TPSA) is 37.8 Å². The molecule has 0 spiro atoms. The Balaban J connectivity index is 2.12. The fourth-order valence-corrected chi connectivity index (χ4v) is 2.69. The lowest BCUT2D eigenvalue weighted by Gasteiger charge is -2.06. The number of hydrogen-bond acceptors (Lipinski definition) is 4. The van der Waals surface area contributed by atoms with E-state index in [1.165, 1.54) is 16.4 Å². The molecule has 5 heteroatoms. The van der Waals surface area contributed by atoms with Crippen LogP contribution in [0.2, 0.25) is 0 Å². The Labute approximate surface area is 120 Å². The van der Waals surface area contributed by atoms with Crippen LogP contribution in [0.15, 0.2) is 28.7 Å². The Hall–Kier alpha value is -0.780. The standard InChI is InChI=1S/C13H16BrN3S/c1-9(2)7-15-8-12-13(16-17-18-12)10-4-3-5-11(14)6-10/h3-6,9,15H,7-8H2,1-2H3. The number of aromatic nitrogens is 2. The van der Waals surface area contributed by atoms with E-state index >= 15 is 0 Å². The highest BCUT2D eigenvalue weighted by atomic mass is 79.9. The van der Waals surface area contributed by atoms with Gasteiger partial charge in [-0.15, -0.1) is 5.10 Å². The van der Waals surface area contributed by atoms with Crippen LogP contribution < -0.4 is 5.32 Å². The molecule has 1 aromatic carbocycles. The molecular formula is C13H16BrN3S. The first-order valence-corrected chi connectivity index (χ1v) is 7.51. The summed E-state index contributed by atoms with van der Waals surface area (Å²) in [7, 11) is 0. The maximum absolute atomic E-state index is 4.23. The molecule has 0 saturated carbocycles. The molecular weight excluding hydrogens is 310 g/mol. The van der Waals surface area contributed by atoms with Crippen LogP contribution in [0.3, 0.4) is 0 Å². The van der Waals surface area contributed by atoms with Gasteiger partial charge in [-0.25, -0.2) is 0 Å². The Kier molecular flexibility index (Phi) is 4.86. The maximum atomic E-state index is 4.23. The molecule has 0 aliphatic carbocycles. The molecule has 0 atom stereocenters. The maximum Gasteiger partial charge on any atom is 0.110 e. The molecule has 96 valence electrons. The van der Waals surface area contributed by atoms with Crippen molar-refractivity contribution >= 4 is 27.5 Å². The van der Waals surface area contributed by atoms with Crippen molar-refractivity contribution in [2.45, 2.75) is 20.4 Å². The summed E-state index contributed by atoms with van der Waals surface area (Å²) < 4.78 is 5.13. The normalized spacial score (nSPS) is 11.1. The molecule has 18 heavy (non-hydrogen) atoms. The average molecular weight is 326 g/mol. The van der Waals surface area contributed by atoms with E-state index in [0.717, 1.165) is 28.8 Å². The largest absolute Gasteiger partial charge is 0.311 e. The minimum Gasteiger partial charge on any atom is -0.311 e. The van der Waals surface area contributed by atoms with Crippen LogP contribution in [0.1, 0.15) is 18.7 Å². The molecule has 3 nitrogen and oxygen atoms in total. The number of halogens is 1. The smallest absolute Gasteiger partial charge is 0.110 e. The van der Waals surface area contributed by atoms with Gasteiger partial charge in [0.2, 0.25) is 0 Å². The summed E-state index contributed by atoms with van der Waals surface area (Å²) in [6.45, 7) is 6.24. The third-order valence-electron chi connectivity index (χ3n) is 2.49. The SMILES string of the molecule is CC(C)CNCc1snnc1-c1cccc(Br)c1. The van der Waals surface area contributed by atoms with Crippen LogP contribution in [0.4, 0.5) is 0 Å². The third kappa shape index (κ3) is 3.60. The van der Waals surface area contributed by atoms with Crippen LogP contribution in [-0.2, 0) is 6.54 Å². The lowest BCUT2D eigenvalue weighted by atomic mass is 10.1. The van der Waals surface area contributed by atoms with Gasteiger partial charge in [-0.3, -0.25) is 0 Å². The third-order valence-corrected chi connectivity index (χ3v) is 3.71. The molecule has 0 aliphatic rings. The highest BCUT2D eigenvalue weighted by Crippen LogP contribution is 2.26. The molecule has 1 N–H and O–H groups in total. The number of benzene rings is 1. The van der Waals surface area contributed by atoms with Crippen molar-refractivity contribution in [3.05, 3.63) is 33.6 Å². The van der Waals surface area contributed by atoms with E-state index in [4.69, 9.17) is 0 Å². The van der Waals surface area contributed by atoms with E-state index in [1.54, 1.807) is 0 Å². The Morgan fingerprint density at radius 2 is 2.22 bits per heavy atom. The van der Waals surface area contributed by atoms with Gasteiger partial charge in [0.15, 0.2) is 0 Å². The van der Waals surface area contributed by atoms with Crippen molar-refractivity contribution in [1.29, 1.82) is 0 Å². The molecule has 1 aromatic heterocycles. The summed E-state index contributed by atoms with van der Waals surface area (Å²) >= 11 is 4.95. The van der Waals surface area contributed by atoms with E-state index in [2.05, 4.69) is 56.8 Å². The lowest BCUT2D eigenvalue weighted by molar-refractivity contribution is 0.555. The van der Waals surface area contributed by atoms with Gasteiger partial charge >= 0.3 is 0 Å². The van der Waals surface area contributed by atoms with Crippen molar-refractivity contribution in [3.8, 4) is 11.3 Å². The van der Waals surface area contributed by atoms with Gasteiger partial charge in [-0.1, -0.05) is 46.4 Å². The minimum atomic E-state index is 0.653. The van der Waals surface area contributed by atoms with Gasteiger partial charge in [0.1, 0.15) is 5.69 Å². The zero-order chi connectivity index (χ0) is 13.0. The lowest BCUT2D eigenvalue weighted by Crippen LogP contribution is -2.18. The van der Waals surface area contributed by atoms with Gasteiger partial charge in [-0.05, 0) is 36.1 Å². The summed E-state index contributed by atoms with van der Waals surface area (Å²) in [6, 6.07) is 8.17. The van der Waals surface area contributed by atoms with Gasteiger partial charge in [0.25, 0.3) is 0 Å². The summed E-state index contributed by atoms with van der Waals surface area (Å²) in [5.41, 5.74) is 2.09. The number of nitrogens with one attached hydrogen (secondary N) is 1. The van der Waals surface area contributed by atoms with Crippen LogP contribution in [0, 0.1) is 5.92 Å². The monoisotopic (exact) mass is 325 g/mol. The zero-order valence-corrected chi connectivity index (χ0v) is 12.9. The van der Waals surface area contributed by atoms with E-state index in [1.807, 2.05) is 12.1 Å². The van der Waals surface area contributed by atoms with Crippen LogP contribution >= 0.6 is 27.5 Å². The quantitative estimate of drug-likeness (QED) is 0.910. The van der Waals surface area contributed by atoms with Crippen molar-refractivity contribution in [2.75, 3.05) is 6.54 Å². The van der Waals surface area contributed by atoms with Crippen molar-refractivity contribution < 1.29 is 0 Å². The molecule has 2 aromatic rings. The molecule has 2 rings (SSSR count). The van der Waals surface area contributed by atoms with Crippen LogP contribution in [0.25, 0.3) is 11.3 Å². The molecule has 0 aliphatic heterocycles. The predicted molar refractivity (Wildman–Crippen MR) is 79.6 cm³/mol. The molecule has 0 unspecified atom stereocenters. The summed E-state index contributed by atoms with van der Waals surface area (Å²) in [5.74, 6) is 0.653. The van der Waals surface area contributed by atoms with Crippen molar-refractivity contribution in [1.82, 2.24) is 14.9 Å². The highest BCUT2D eigenvalue weighted by molar-refractivity contribution is 9.10. The van der Waals surface area contributed by atoms with Crippen molar-refractivity contribution in [2.24, 2.45) is 5.92 Å². The first kappa shape index (κ1) is 13.6. The molecule has 0 fully saturated rings. The Morgan fingerprint density at radius 3 is 2.94 bits per heavy atom. The van der Waals surface area contributed by atoms with E-state index in [0.29, 0.717) is 5.92 Å².